The van der Waals surface area contributed by atoms with Crippen molar-refractivity contribution in [1.82, 2.24) is 0 Å². The first-order chi connectivity index (χ1) is 9.45. The van der Waals surface area contributed by atoms with E-state index in [1.165, 1.54) is 24.3 Å². The summed E-state index contributed by atoms with van der Waals surface area (Å²) in [6.07, 6.45) is 0. The van der Waals surface area contributed by atoms with Crippen LogP contribution in [0, 0.1) is 12.7 Å². The largest absolute Gasteiger partial charge is 0.435 e. The van der Waals surface area contributed by atoms with Crippen LogP contribution in [0.1, 0.15) is 22.7 Å². The zero-order valence-corrected chi connectivity index (χ0v) is 10.8. The van der Waals surface area contributed by atoms with Crippen LogP contribution in [0.15, 0.2) is 42.5 Å². The van der Waals surface area contributed by atoms with Crippen LogP contribution in [0.4, 0.5) is 13.2 Å². The van der Waals surface area contributed by atoms with Crippen molar-refractivity contribution < 1.29 is 17.9 Å². The molecule has 0 saturated carbocycles. The predicted molar refractivity (Wildman–Crippen MR) is 70.2 cm³/mol. The van der Waals surface area contributed by atoms with Crippen molar-refractivity contribution in [2.45, 2.75) is 19.6 Å². The summed E-state index contributed by atoms with van der Waals surface area (Å²) in [5.41, 5.74) is 8.14. The van der Waals surface area contributed by atoms with Crippen molar-refractivity contribution in [3.05, 3.63) is 65.0 Å². The highest BCUT2D eigenvalue weighted by Gasteiger charge is 2.11. The van der Waals surface area contributed by atoms with Crippen molar-refractivity contribution >= 4 is 0 Å². The lowest BCUT2D eigenvalue weighted by Gasteiger charge is -2.14. The fraction of sp³-hybridized carbons (Fsp3) is 0.200. The number of ether oxygens (including phenoxy) is 1. The van der Waals surface area contributed by atoms with Gasteiger partial charge in [0.2, 0.25) is 0 Å². The Kier molecular flexibility index (Phi) is 4.29. The van der Waals surface area contributed by atoms with Crippen LogP contribution < -0.4 is 10.5 Å². The Labute approximate surface area is 115 Å². The maximum Gasteiger partial charge on any atom is 0.387 e. The first-order valence-electron chi connectivity index (χ1n) is 6.03. The highest BCUT2D eigenvalue weighted by Crippen LogP contribution is 2.24. The Morgan fingerprint density at radius 2 is 1.65 bits per heavy atom. The molecule has 2 nitrogen and oxygen atoms in total. The third-order valence-corrected chi connectivity index (χ3v) is 2.89. The number of hydrogen-bond acceptors (Lipinski definition) is 2. The Morgan fingerprint density at radius 1 is 1.00 bits per heavy atom. The SMILES string of the molecule is Cc1cc(F)cc(C(N)c2ccc(OC(F)F)cc2)c1. The molecule has 5 heteroatoms. The highest BCUT2D eigenvalue weighted by atomic mass is 19.3. The first kappa shape index (κ1) is 14.4. The normalized spacial score (nSPS) is 12.5. The van der Waals surface area contributed by atoms with Crippen molar-refractivity contribution in [1.29, 1.82) is 0 Å². The van der Waals surface area contributed by atoms with Gasteiger partial charge in [-0.25, -0.2) is 4.39 Å². The molecule has 0 aliphatic heterocycles. The molecule has 2 aromatic carbocycles. The van der Waals surface area contributed by atoms with Gasteiger partial charge in [-0.1, -0.05) is 18.2 Å². The molecule has 1 atom stereocenters. The van der Waals surface area contributed by atoms with Gasteiger partial charge in [-0.05, 0) is 47.9 Å². The maximum atomic E-state index is 13.4. The summed E-state index contributed by atoms with van der Waals surface area (Å²) in [5.74, 6) is -0.292. The number of aryl methyl sites for hydroxylation is 1. The lowest BCUT2D eigenvalue weighted by Crippen LogP contribution is -2.12. The van der Waals surface area contributed by atoms with E-state index < -0.39 is 12.7 Å². The minimum absolute atomic E-state index is 0.0615. The summed E-state index contributed by atoms with van der Waals surface area (Å²) >= 11 is 0. The monoisotopic (exact) mass is 281 g/mol. The van der Waals surface area contributed by atoms with Gasteiger partial charge in [0.25, 0.3) is 0 Å². The van der Waals surface area contributed by atoms with Gasteiger partial charge in [0.15, 0.2) is 0 Å². The average Bonchev–Trinajstić information content (AvgIpc) is 2.37. The molecule has 0 radical (unpaired) electrons. The zero-order chi connectivity index (χ0) is 14.7. The molecule has 2 N–H and O–H groups in total. The number of halogens is 3. The molecule has 0 aromatic heterocycles. The van der Waals surface area contributed by atoms with Crippen molar-refractivity contribution in [2.75, 3.05) is 0 Å². The molecule has 0 saturated heterocycles. The molecular weight excluding hydrogens is 267 g/mol. The molecule has 0 bridgehead atoms. The van der Waals surface area contributed by atoms with E-state index in [9.17, 15) is 13.2 Å². The van der Waals surface area contributed by atoms with Crippen molar-refractivity contribution in [3.8, 4) is 5.75 Å². The number of rotatable bonds is 4. The third-order valence-electron chi connectivity index (χ3n) is 2.89. The minimum Gasteiger partial charge on any atom is -0.435 e. The van der Waals surface area contributed by atoms with Gasteiger partial charge < -0.3 is 10.5 Å². The fourth-order valence-corrected chi connectivity index (χ4v) is 1.99. The van der Waals surface area contributed by atoms with Crippen molar-refractivity contribution in [2.24, 2.45) is 5.73 Å². The van der Waals surface area contributed by atoms with Crippen LogP contribution in [0.3, 0.4) is 0 Å². The first-order valence-corrected chi connectivity index (χ1v) is 6.03. The van der Waals surface area contributed by atoms with Crippen LogP contribution in [-0.4, -0.2) is 6.61 Å². The Bertz CT molecular complexity index is 564. The van der Waals surface area contributed by atoms with Crippen LogP contribution in [0.25, 0.3) is 0 Å². The van der Waals surface area contributed by atoms with Crippen LogP contribution in [-0.2, 0) is 0 Å². The second-order valence-corrected chi connectivity index (χ2v) is 4.49. The van der Waals surface area contributed by atoms with Gasteiger partial charge in [-0.3, -0.25) is 0 Å². The van der Waals surface area contributed by atoms with Gasteiger partial charge in [0.1, 0.15) is 11.6 Å². The van der Waals surface area contributed by atoms with E-state index in [1.54, 1.807) is 25.1 Å². The minimum atomic E-state index is -2.86. The van der Waals surface area contributed by atoms with E-state index in [4.69, 9.17) is 5.73 Å². The quantitative estimate of drug-likeness (QED) is 0.925. The van der Waals surface area contributed by atoms with Crippen LogP contribution in [0.2, 0.25) is 0 Å². The number of benzene rings is 2. The predicted octanol–water partition coefficient (Wildman–Crippen LogP) is 3.78. The van der Waals surface area contributed by atoms with E-state index in [-0.39, 0.29) is 11.6 Å². The second-order valence-electron chi connectivity index (χ2n) is 4.49. The van der Waals surface area contributed by atoms with Crippen LogP contribution in [0.5, 0.6) is 5.75 Å². The number of hydrogen-bond donors (Lipinski definition) is 1. The molecule has 106 valence electrons. The Balaban J connectivity index is 2.22. The molecule has 2 aromatic rings. The lowest BCUT2D eigenvalue weighted by molar-refractivity contribution is -0.0498. The topological polar surface area (TPSA) is 35.2 Å². The Hall–Kier alpha value is -2.01. The van der Waals surface area contributed by atoms with Gasteiger partial charge in [-0.2, -0.15) is 8.78 Å². The maximum absolute atomic E-state index is 13.4. The molecule has 0 aliphatic carbocycles. The highest BCUT2D eigenvalue weighted by molar-refractivity contribution is 5.36. The zero-order valence-electron chi connectivity index (χ0n) is 10.8. The molecule has 20 heavy (non-hydrogen) atoms. The average molecular weight is 281 g/mol. The number of alkyl halides is 2. The molecule has 0 amide bonds. The molecule has 0 aliphatic rings. The summed E-state index contributed by atoms with van der Waals surface area (Å²) in [6.45, 7) is -1.08. The third kappa shape index (κ3) is 3.51. The molecule has 0 heterocycles. The lowest BCUT2D eigenvalue weighted by atomic mass is 9.98. The van der Waals surface area contributed by atoms with Crippen LogP contribution >= 0.6 is 0 Å². The van der Waals surface area contributed by atoms with Gasteiger partial charge in [-0.15, -0.1) is 0 Å². The standard InChI is InChI=1S/C15H14F3NO/c1-9-6-11(8-12(16)7-9)14(19)10-2-4-13(5-3-10)20-15(17)18/h2-8,14-15H,19H2,1H3. The van der Waals surface area contributed by atoms with E-state index in [1.807, 2.05) is 0 Å². The fourth-order valence-electron chi connectivity index (χ4n) is 1.99. The van der Waals surface area contributed by atoms with Gasteiger partial charge in [0, 0.05) is 0 Å². The summed E-state index contributed by atoms with van der Waals surface area (Å²) in [7, 11) is 0. The summed E-state index contributed by atoms with van der Waals surface area (Å²) in [4.78, 5) is 0. The molecule has 2 rings (SSSR count). The summed E-state index contributed by atoms with van der Waals surface area (Å²) < 4.78 is 41.7. The van der Waals surface area contributed by atoms with E-state index in [0.717, 1.165) is 5.56 Å². The number of nitrogens with two attached hydrogens (primary N) is 1. The van der Waals surface area contributed by atoms with Gasteiger partial charge in [0.05, 0.1) is 6.04 Å². The van der Waals surface area contributed by atoms with Gasteiger partial charge >= 0.3 is 6.61 Å². The smallest absolute Gasteiger partial charge is 0.387 e. The molecule has 0 spiro atoms. The van der Waals surface area contributed by atoms with E-state index >= 15 is 0 Å². The second kappa shape index (κ2) is 5.96. The molecular formula is C15H14F3NO. The summed E-state index contributed by atoms with van der Waals surface area (Å²) in [6, 6.07) is 10.0. The van der Waals surface area contributed by atoms with E-state index in [0.29, 0.717) is 11.1 Å². The molecule has 0 fully saturated rings. The van der Waals surface area contributed by atoms with Crippen molar-refractivity contribution in [3.63, 3.8) is 0 Å². The van der Waals surface area contributed by atoms with E-state index in [2.05, 4.69) is 4.74 Å². The Morgan fingerprint density at radius 3 is 2.20 bits per heavy atom. The summed E-state index contributed by atoms with van der Waals surface area (Å²) in [5, 5.41) is 0. The molecule has 1 unspecified atom stereocenters.